The van der Waals surface area contributed by atoms with Crippen LogP contribution in [0, 0.1) is 0 Å². The molecule has 0 N–H and O–H groups in total. The van der Waals surface area contributed by atoms with Crippen LogP contribution in [0.5, 0.6) is 5.75 Å². The van der Waals surface area contributed by atoms with Gasteiger partial charge in [-0.05, 0) is 63.6 Å². The second-order valence-corrected chi connectivity index (χ2v) is 7.84. The van der Waals surface area contributed by atoms with Crippen molar-refractivity contribution in [3.63, 3.8) is 0 Å². The van der Waals surface area contributed by atoms with Crippen LogP contribution in [0.4, 0.5) is 4.79 Å². The van der Waals surface area contributed by atoms with Crippen molar-refractivity contribution in [3.8, 4) is 5.75 Å². The summed E-state index contributed by atoms with van der Waals surface area (Å²) in [6, 6.07) is 3.82. The zero-order valence-corrected chi connectivity index (χ0v) is 17.3. The Labute approximate surface area is 161 Å². The molecule has 0 unspecified atom stereocenters. The molecule has 6 nitrogen and oxygen atoms in total. The van der Waals surface area contributed by atoms with Crippen LogP contribution in [-0.2, 0) is 22.3 Å². The second-order valence-electron chi connectivity index (χ2n) is 7.84. The lowest BCUT2D eigenvalue weighted by molar-refractivity contribution is 0.0145. The fraction of sp³-hybridized carbons (Fsp3) is 0.619. The molecule has 1 aromatic carbocycles. The number of esters is 1. The first kappa shape index (κ1) is 21.1. The molecule has 0 spiro atoms. The maximum absolute atomic E-state index is 12.7. The number of methoxy groups -OCH3 is 2. The Kier molecular flexibility index (Phi) is 6.73. The predicted molar refractivity (Wildman–Crippen MR) is 103 cm³/mol. The highest BCUT2D eigenvalue weighted by Gasteiger charge is 2.33. The molecule has 1 amide bonds. The number of nitrogens with zero attached hydrogens (tertiary/aromatic N) is 1. The van der Waals surface area contributed by atoms with Crippen LogP contribution in [0.25, 0.3) is 0 Å². The van der Waals surface area contributed by atoms with Crippen LogP contribution >= 0.6 is 0 Å². The van der Waals surface area contributed by atoms with Crippen LogP contribution in [0.2, 0.25) is 0 Å². The van der Waals surface area contributed by atoms with Gasteiger partial charge < -0.3 is 19.1 Å². The van der Waals surface area contributed by atoms with E-state index in [2.05, 4.69) is 0 Å². The average molecular weight is 377 g/mol. The molecule has 0 saturated carbocycles. The van der Waals surface area contributed by atoms with Gasteiger partial charge in [0.1, 0.15) is 16.9 Å². The van der Waals surface area contributed by atoms with Crippen LogP contribution in [-0.4, -0.2) is 49.4 Å². The van der Waals surface area contributed by atoms with Crippen molar-refractivity contribution in [2.45, 2.75) is 65.0 Å². The van der Waals surface area contributed by atoms with Gasteiger partial charge in [0, 0.05) is 12.6 Å². The van der Waals surface area contributed by atoms with Gasteiger partial charge in [-0.15, -0.1) is 0 Å². The van der Waals surface area contributed by atoms with Crippen molar-refractivity contribution in [1.82, 2.24) is 4.90 Å². The summed E-state index contributed by atoms with van der Waals surface area (Å²) in [7, 11) is 2.92. The summed E-state index contributed by atoms with van der Waals surface area (Å²) >= 11 is 0. The molecule has 0 radical (unpaired) electrons. The van der Waals surface area contributed by atoms with Gasteiger partial charge in [0.05, 0.1) is 14.2 Å². The van der Waals surface area contributed by atoms with Gasteiger partial charge >= 0.3 is 12.1 Å². The number of fused-ring (bicyclic) bond motifs is 1. The lowest BCUT2D eigenvalue weighted by atomic mass is 9.84. The number of benzene rings is 1. The Morgan fingerprint density at radius 2 is 1.93 bits per heavy atom. The molecular formula is C21H31NO5. The molecular weight excluding hydrogens is 346 g/mol. The first-order valence-electron chi connectivity index (χ1n) is 9.48. The number of carbonyl (C=O) groups excluding carboxylic acids is 2. The summed E-state index contributed by atoms with van der Waals surface area (Å²) in [4.78, 5) is 26.8. The average Bonchev–Trinajstić information content (AvgIpc) is 2.62. The summed E-state index contributed by atoms with van der Waals surface area (Å²) in [6.45, 7) is 8.32. The minimum atomic E-state index is -0.527. The summed E-state index contributed by atoms with van der Waals surface area (Å²) < 4.78 is 15.9. The van der Waals surface area contributed by atoms with Crippen molar-refractivity contribution in [3.05, 3.63) is 28.8 Å². The minimum Gasteiger partial charge on any atom is -0.496 e. The smallest absolute Gasteiger partial charge is 0.410 e. The van der Waals surface area contributed by atoms with Crippen molar-refractivity contribution >= 4 is 12.1 Å². The molecule has 0 heterocycles. The number of amides is 1. The molecule has 0 aliphatic heterocycles. The van der Waals surface area contributed by atoms with E-state index in [9.17, 15) is 9.59 Å². The summed E-state index contributed by atoms with van der Waals surface area (Å²) in [5.41, 5.74) is 1.98. The van der Waals surface area contributed by atoms with Crippen molar-refractivity contribution in [2.75, 3.05) is 20.8 Å². The van der Waals surface area contributed by atoms with Gasteiger partial charge in [-0.1, -0.05) is 13.0 Å². The van der Waals surface area contributed by atoms with E-state index in [-0.39, 0.29) is 18.1 Å². The fourth-order valence-corrected chi connectivity index (χ4v) is 3.56. The number of ether oxygens (including phenoxy) is 3. The number of carbonyl (C=O) groups is 2. The molecule has 0 saturated heterocycles. The third-order valence-electron chi connectivity index (χ3n) is 4.70. The predicted octanol–water partition coefficient (Wildman–Crippen LogP) is 3.99. The van der Waals surface area contributed by atoms with Crippen molar-refractivity contribution < 1.29 is 23.8 Å². The van der Waals surface area contributed by atoms with E-state index in [1.807, 2.05) is 38.7 Å². The Hall–Kier alpha value is -2.24. The molecule has 0 fully saturated rings. The Bertz CT molecular complexity index is 693. The molecule has 1 aromatic rings. The highest BCUT2D eigenvalue weighted by atomic mass is 16.6. The van der Waals surface area contributed by atoms with Gasteiger partial charge in [-0.25, -0.2) is 9.59 Å². The first-order chi connectivity index (χ1) is 12.7. The van der Waals surface area contributed by atoms with E-state index < -0.39 is 5.60 Å². The van der Waals surface area contributed by atoms with Gasteiger partial charge in [0.2, 0.25) is 0 Å². The molecule has 0 bridgehead atoms. The molecule has 1 aliphatic carbocycles. The first-order valence-corrected chi connectivity index (χ1v) is 9.48. The van der Waals surface area contributed by atoms with Gasteiger partial charge in [-0.3, -0.25) is 0 Å². The summed E-state index contributed by atoms with van der Waals surface area (Å²) in [5, 5.41) is 0. The van der Waals surface area contributed by atoms with Crippen LogP contribution in [0.3, 0.4) is 0 Å². The van der Waals surface area contributed by atoms with Crippen LogP contribution in [0.1, 0.15) is 62.0 Å². The Morgan fingerprint density at radius 3 is 2.48 bits per heavy atom. The number of rotatable bonds is 5. The van der Waals surface area contributed by atoms with E-state index in [1.54, 1.807) is 13.2 Å². The highest BCUT2D eigenvalue weighted by molar-refractivity contribution is 5.94. The molecule has 27 heavy (non-hydrogen) atoms. The van der Waals surface area contributed by atoms with E-state index in [0.29, 0.717) is 30.7 Å². The van der Waals surface area contributed by atoms with Gasteiger partial charge in [0.25, 0.3) is 0 Å². The quantitative estimate of drug-likeness (QED) is 0.726. The van der Waals surface area contributed by atoms with Crippen LogP contribution in [0.15, 0.2) is 12.1 Å². The topological polar surface area (TPSA) is 65.1 Å². The maximum Gasteiger partial charge on any atom is 0.410 e. The van der Waals surface area contributed by atoms with Crippen molar-refractivity contribution in [1.29, 1.82) is 0 Å². The third-order valence-corrected chi connectivity index (χ3v) is 4.70. The zero-order valence-electron chi connectivity index (χ0n) is 17.3. The monoisotopic (exact) mass is 377 g/mol. The maximum atomic E-state index is 12.7. The van der Waals surface area contributed by atoms with E-state index >= 15 is 0 Å². The standard InChI is InChI=1S/C21H31NO5/c1-7-12-22(20(24)27-21(2,3)4)15-9-10-16-14(13-15)8-11-17(25-5)18(16)19(23)26-6/h8,11,15H,7,9-10,12-13H2,1-6H3/t15-/m0/s1. The normalized spacial score (nSPS) is 16.3. The molecule has 2 rings (SSSR count). The molecule has 6 heteroatoms. The molecule has 1 aliphatic rings. The molecule has 150 valence electrons. The minimum absolute atomic E-state index is 0.0474. The lowest BCUT2D eigenvalue weighted by Gasteiger charge is -2.36. The molecule has 0 aromatic heterocycles. The largest absolute Gasteiger partial charge is 0.496 e. The van der Waals surface area contributed by atoms with E-state index in [0.717, 1.165) is 24.0 Å². The summed E-state index contributed by atoms with van der Waals surface area (Å²) in [6.07, 6.45) is 2.72. The Morgan fingerprint density at radius 1 is 1.22 bits per heavy atom. The van der Waals surface area contributed by atoms with Gasteiger partial charge in [0.15, 0.2) is 0 Å². The zero-order chi connectivity index (χ0) is 20.2. The van der Waals surface area contributed by atoms with Gasteiger partial charge in [-0.2, -0.15) is 0 Å². The fourth-order valence-electron chi connectivity index (χ4n) is 3.56. The van der Waals surface area contributed by atoms with E-state index in [1.165, 1.54) is 7.11 Å². The number of hydrogen-bond acceptors (Lipinski definition) is 5. The summed E-state index contributed by atoms with van der Waals surface area (Å²) in [5.74, 6) is 0.135. The lowest BCUT2D eigenvalue weighted by Crippen LogP contribution is -2.46. The highest BCUT2D eigenvalue weighted by Crippen LogP contribution is 2.33. The SMILES string of the molecule is CCCN(C(=O)OC(C)(C)C)[C@H]1CCc2c(ccc(OC)c2C(=O)OC)C1. The second kappa shape index (κ2) is 8.63. The third kappa shape index (κ3) is 4.93. The number of hydrogen-bond donors (Lipinski definition) is 0. The van der Waals surface area contributed by atoms with Crippen molar-refractivity contribution in [2.24, 2.45) is 0 Å². The molecule has 1 atom stereocenters. The Balaban J connectivity index is 2.30. The van der Waals surface area contributed by atoms with Crippen LogP contribution < -0.4 is 4.74 Å². The van der Waals surface area contributed by atoms with E-state index in [4.69, 9.17) is 14.2 Å².